The molecule has 0 amide bonds. The number of hydrogen-bond acceptors (Lipinski definition) is 3. The van der Waals surface area contributed by atoms with Gasteiger partial charge in [-0.05, 0) is 92.5 Å². The van der Waals surface area contributed by atoms with Crippen molar-refractivity contribution in [1.82, 2.24) is 14.9 Å². The fraction of sp³-hybridized carbons (Fsp3) is 0.290. The van der Waals surface area contributed by atoms with Gasteiger partial charge in [0.25, 0.3) is 0 Å². The summed E-state index contributed by atoms with van der Waals surface area (Å²) in [5.74, 6) is 0.770. The van der Waals surface area contributed by atoms with Gasteiger partial charge >= 0.3 is 0 Å². The van der Waals surface area contributed by atoms with E-state index in [0.29, 0.717) is 5.11 Å². The molecule has 0 unspecified atom stereocenters. The first-order valence-electron chi connectivity index (χ1n) is 13.3. The predicted molar refractivity (Wildman–Crippen MR) is 161 cm³/mol. The fourth-order valence-electron chi connectivity index (χ4n) is 5.66. The fourth-order valence-corrected chi connectivity index (χ4v) is 6.30. The van der Waals surface area contributed by atoms with Gasteiger partial charge in [-0.25, -0.2) is 0 Å². The van der Waals surface area contributed by atoms with E-state index in [4.69, 9.17) is 28.8 Å². The molecule has 0 bridgehead atoms. The van der Waals surface area contributed by atoms with Crippen molar-refractivity contribution < 1.29 is 0 Å². The molecular formula is C31H32ClN5S. The van der Waals surface area contributed by atoms with Gasteiger partial charge in [0, 0.05) is 42.6 Å². The molecule has 4 aromatic rings. The number of benzene rings is 2. The number of aryl methyl sites for hydroxylation is 1. The van der Waals surface area contributed by atoms with E-state index in [9.17, 15) is 0 Å². The van der Waals surface area contributed by atoms with Gasteiger partial charge in [-0.15, -0.1) is 0 Å². The topological polar surface area (TPSA) is 36.3 Å². The van der Waals surface area contributed by atoms with Crippen LogP contribution in [0.3, 0.4) is 0 Å². The van der Waals surface area contributed by atoms with Crippen LogP contribution in [0.15, 0.2) is 85.2 Å². The largest absolute Gasteiger partial charge is 0.370 e. The zero-order valence-corrected chi connectivity index (χ0v) is 23.3. The predicted octanol–water partition coefficient (Wildman–Crippen LogP) is 7.25. The van der Waals surface area contributed by atoms with Gasteiger partial charge in [0.15, 0.2) is 5.11 Å². The quantitative estimate of drug-likeness (QED) is 0.269. The summed E-state index contributed by atoms with van der Waals surface area (Å²) >= 11 is 12.9. The molecule has 2 atom stereocenters. The van der Waals surface area contributed by atoms with Crippen LogP contribution in [0.25, 0.3) is 5.69 Å². The van der Waals surface area contributed by atoms with Crippen LogP contribution in [-0.4, -0.2) is 27.8 Å². The number of nitrogens with one attached hydrogen (secondary N) is 1. The minimum absolute atomic E-state index is 0.119. The summed E-state index contributed by atoms with van der Waals surface area (Å²) in [5.41, 5.74) is 6.49. The first-order valence-corrected chi connectivity index (χ1v) is 14.1. The maximum Gasteiger partial charge on any atom is 0.174 e. The zero-order chi connectivity index (χ0) is 26.2. The van der Waals surface area contributed by atoms with Gasteiger partial charge in [0.1, 0.15) is 6.04 Å². The Labute approximate surface area is 235 Å². The molecule has 2 saturated heterocycles. The molecule has 0 spiro atoms. The lowest BCUT2D eigenvalue weighted by molar-refractivity contribution is 0.438. The van der Waals surface area contributed by atoms with Gasteiger partial charge in [0.05, 0.1) is 22.4 Å². The van der Waals surface area contributed by atoms with Crippen LogP contribution >= 0.6 is 23.8 Å². The van der Waals surface area contributed by atoms with Gasteiger partial charge in [-0.3, -0.25) is 4.98 Å². The van der Waals surface area contributed by atoms with E-state index < -0.39 is 0 Å². The second-order valence-corrected chi connectivity index (χ2v) is 11.2. The molecule has 38 heavy (non-hydrogen) atoms. The van der Waals surface area contributed by atoms with E-state index >= 15 is 0 Å². The Bertz CT molecular complexity index is 1430. The summed E-state index contributed by atoms with van der Waals surface area (Å²) in [4.78, 5) is 9.31. The standard InChI is InChI=1S/C31H32ClN5S/c1-21-8-10-23(11-9-21)36-17-5-7-28(36)30-29(26-6-3-4-16-33-26)34-31(38)37(30)24-12-13-27(25(32)20-24)35-18-14-22(2)15-19-35/h3-13,16-17,20,22,29-30H,14-15,18-19H2,1-2H3,(H,34,38)/t29-,30-/m0/s1. The molecule has 7 heteroatoms. The van der Waals surface area contributed by atoms with Gasteiger partial charge in [-0.1, -0.05) is 42.3 Å². The smallest absolute Gasteiger partial charge is 0.174 e. The summed E-state index contributed by atoms with van der Waals surface area (Å²) in [7, 11) is 0. The molecule has 0 radical (unpaired) electrons. The van der Waals surface area contributed by atoms with E-state index in [1.165, 1.54) is 18.4 Å². The molecule has 2 aliphatic heterocycles. The third-order valence-electron chi connectivity index (χ3n) is 7.83. The van der Waals surface area contributed by atoms with Crippen molar-refractivity contribution in [3.8, 4) is 5.69 Å². The second kappa shape index (κ2) is 10.4. The van der Waals surface area contributed by atoms with Crippen LogP contribution in [-0.2, 0) is 0 Å². The van der Waals surface area contributed by atoms with Crippen molar-refractivity contribution in [2.75, 3.05) is 22.9 Å². The number of anilines is 2. The van der Waals surface area contributed by atoms with E-state index in [0.717, 1.165) is 52.5 Å². The summed E-state index contributed by atoms with van der Waals surface area (Å²) in [6.07, 6.45) is 6.34. The van der Waals surface area contributed by atoms with Crippen molar-refractivity contribution in [3.05, 3.63) is 107 Å². The molecule has 4 heterocycles. The van der Waals surface area contributed by atoms with Crippen LogP contribution in [0.5, 0.6) is 0 Å². The monoisotopic (exact) mass is 541 g/mol. The molecule has 6 rings (SSSR count). The summed E-state index contributed by atoms with van der Waals surface area (Å²) in [5, 5.41) is 5.00. The number of halogens is 1. The molecule has 5 nitrogen and oxygen atoms in total. The van der Waals surface area contributed by atoms with Gasteiger partial charge in [0.2, 0.25) is 0 Å². The second-order valence-electron chi connectivity index (χ2n) is 10.4. The Kier molecular flexibility index (Phi) is 6.85. The SMILES string of the molecule is Cc1ccc(-n2cccc2[C@H]2[C@H](c3ccccn3)NC(=S)N2c2ccc(N3CCC(C)CC3)c(Cl)c2)cc1. The molecular weight excluding hydrogens is 510 g/mol. The number of piperidine rings is 1. The lowest BCUT2D eigenvalue weighted by atomic mass is 9.98. The third-order valence-corrected chi connectivity index (χ3v) is 8.44. The average Bonchev–Trinajstić information content (AvgIpc) is 3.54. The van der Waals surface area contributed by atoms with Crippen molar-refractivity contribution in [1.29, 1.82) is 0 Å². The number of hydrogen-bond donors (Lipinski definition) is 1. The summed E-state index contributed by atoms with van der Waals surface area (Å²) in [6, 6.07) is 25.0. The first kappa shape index (κ1) is 25.0. The maximum absolute atomic E-state index is 6.94. The van der Waals surface area contributed by atoms with Crippen molar-refractivity contribution >= 4 is 40.3 Å². The van der Waals surface area contributed by atoms with Crippen molar-refractivity contribution in [3.63, 3.8) is 0 Å². The molecule has 194 valence electrons. The minimum Gasteiger partial charge on any atom is -0.370 e. The minimum atomic E-state index is -0.121. The lowest BCUT2D eigenvalue weighted by Crippen LogP contribution is -2.33. The summed E-state index contributed by atoms with van der Waals surface area (Å²) < 4.78 is 2.24. The van der Waals surface area contributed by atoms with Gasteiger partial charge in [-0.2, -0.15) is 0 Å². The first-order chi connectivity index (χ1) is 18.5. The molecule has 2 aliphatic rings. The number of thiocarbonyl (C=S) groups is 1. The Morgan fingerprint density at radius 2 is 1.71 bits per heavy atom. The molecule has 2 fully saturated rings. The van der Waals surface area contributed by atoms with E-state index in [1.54, 1.807) is 0 Å². The van der Waals surface area contributed by atoms with Crippen molar-refractivity contribution in [2.24, 2.45) is 5.92 Å². The Hall–Kier alpha value is -3.35. The van der Waals surface area contributed by atoms with Crippen LogP contribution in [0.1, 0.15) is 48.8 Å². The highest BCUT2D eigenvalue weighted by atomic mass is 35.5. The lowest BCUT2D eigenvalue weighted by Gasteiger charge is -2.33. The normalized spacial score (nSPS) is 20.1. The van der Waals surface area contributed by atoms with Crippen LogP contribution in [0, 0.1) is 12.8 Å². The van der Waals surface area contributed by atoms with E-state index in [1.807, 2.05) is 18.3 Å². The number of pyridine rings is 1. The molecule has 0 aliphatic carbocycles. The van der Waals surface area contributed by atoms with Crippen molar-refractivity contribution in [2.45, 2.75) is 38.8 Å². The highest BCUT2D eigenvalue weighted by molar-refractivity contribution is 7.80. The summed E-state index contributed by atoms with van der Waals surface area (Å²) in [6.45, 7) is 6.51. The Morgan fingerprint density at radius 1 is 0.947 bits per heavy atom. The Balaban J connectivity index is 1.42. The third kappa shape index (κ3) is 4.67. The van der Waals surface area contributed by atoms with Gasteiger partial charge < -0.3 is 19.7 Å². The average molecular weight is 542 g/mol. The number of nitrogens with zero attached hydrogens (tertiary/aromatic N) is 4. The molecule has 2 aromatic carbocycles. The van der Waals surface area contributed by atoms with Crippen LogP contribution in [0.4, 0.5) is 11.4 Å². The van der Waals surface area contributed by atoms with E-state index in [-0.39, 0.29) is 12.1 Å². The Morgan fingerprint density at radius 3 is 2.42 bits per heavy atom. The van der Waals surface area contributed by atoms with Crippen LogP contribution < -0.4 is 15.1 Å². The molecule has 1 N–H and O–H groups in total. The zero-order valence-electron chi connectivity index (χ0n) is 21.7. The van der Waals surface area contributed by atoms with E-state index in [2.05, 4.69) is 100 Å². The molecule has 0 saturated carbocycles. The van der Waals surface area contributed by atoms with Crippen LogP contribution in [0.2, 0.25) is 5.02 Å². The molecule has 2 aromatic heterocycles. The number of aromatic nitrogens is 2. The highest BCUT2D eigenvalue weighted by Gasteiger charge is 2.42. The highest BCUT2D eigenvalue weighted by Crippen LogP contribution is 2.44. The number of rotatable bonds is 5. The maximum atomic E-state index is 6.94.